The van der Waals surface area contributed by atoms with Crippen molar-refractivity contribution in [3.63, 3.8) is 0 Å². The first kappa shape index (κ1) is 9.00. The Morgan fingerprint density at radius 1 is 0.250 bits per heavy atom. The maximum Gasteiger partial charge on any atom is -0.0380 e. The van der Waals surface area contributed by atoms with Crippen LogP contribution in [0.1, 0.15) is 51.4 Å². The zero-order valence-electron chi connectivity index (χ0n) is 10.3. The van der Waals surface area contributed by atoms with E-state index in [9.17, 15) is 0 Å². The SMILES string of the molecule is C1C2CC3CC2CC1C1CC2CC3CC2C1. The van der Waals surface area contributed by atoms with Crippen LogP contribution in [-0.4, -0.2) is 0 Å². The highest BCUT2D eigenvalue weighted by Gasteiger charge is 2.53. The van der Waals surface area contributed by atoms with Crippen LogP contribution in [0.5, 0.6) is 0 Å². The van der Waals surface area contributed by atoms with Gasteiger partial charge in [-0.05, 0) is 98.7 Å². The first-order chi connectivity index (χ1) is 7.87. The number of rotatable bonds is 0. The summed E-state index contributed by atoms with van der Waals surface area (Å²) in [6.45, 7) is 0. The van der Waals surface area contributed by atoms with Crippen LogP contribution in [0.15, 0.2) is 0 Å². The maximum atomic E-state index is 1.65. The summed E-state index contributed by atoms with van der Waals surface area (Å²) in [5.41, 5.74) is 0. The average molecular weight is 216 g/mol. The highest BCUT2D eigenvalue weighted by molar-refractivity contribution is 5.03. The van der Waals surface area contributed by atoms with E-state index in [1.807, 2.05) is 0 Å². The van der Waals surface area contributed by atoms with Crippen LogP contribution in [0.25, 0.3) is 0 Å². The molecule has 0 atom stereocenters. The lowest BCUT2D eigenvalue weighted by Crippen LogP contribution is -2.18. The lowest BCUT2D eigenvalue weighted by molar-refractivity contribution is 0.226. The van der Waals surface area contributed by atoms with E-state index in [1.54, 1.807) is 51.4 Å². The van der Waals surface area contributed by atoms with Crippen LogP contribution in [0.3, 0.4) is 0 Å². The molecule has 0 heterocycles. The summed E-state index contributed by atoms with van der Waals surface area (Å²) in [6, 6.07) is 0. The highest BCUT2D eigenvalue weighted by Crippen LogP contribution is 2.63. The molecule has 16 heavy (non-hydrogen) atoms. The molecule has 0 N–H and O–H groups in total. The first-order valence-electron chi connectivity index (χ1n) is 7.87. The Morgan fingerprint density at radius 2 is 0.375 bits per heavy atom. The summed E-state index contributed by atoms with van der Waals surface area (Å²) in [5.74, 6) is 9.46. The molecule has 88 valence electrons. The van der Waals surface area contributed by atoms with Gasteiger partial charge in [0.05, 0.1) is 0 Å². The van der Waals surface area contributed by atoms with Crippen molar-refractivity contribution in [2.24, 2.45) is 47.3 Å². The third-order valence-electron chi connectivity index (χ3n) is 7.51. The minimum Gasteiger partial charge on any atom is -0.0470 e. The Bertz CT molecular complexity index is 232. The quantitative estimate of drug-likeness (QED) is 0.572. The van der Waals surface area contributed by atoms with Crippen LogP contribution in [0, 0.1) is 47.3 Å². The van der Waals surface area contributed by atoms with Crippen molar-refractivity contribution in [2.45, 2.75) is 51.4 Å². The van der Waals surface area contributed by atoms with E-state index in [0.29, 0.717) is 0 Å². The standard InChI is InChI=1S/C16H24/c1-9-2-14-6-11(3-13(1)14)12-7-15-4-10(9)5-16(15)8-12/h9-16H,1-8H2. The second kappa shape index (κ2) is 2.87. The van der Waals surface area contributed by atoms with Gasteiger partial charge in [0, 0.05) is 0 Å². The fourth-order valence-corrected chi connectivity index (χ4v) is 6.96. The highest BCUT2D eigenvalue weighted by atomic mass is 14.6. The second-order valence-electron chi connectivity index (χ2n) is 7.97. The van der Waals surface area contributed by atoms with E-state index in [1.165, 1.54) is 47.3 Å². The van der Waals surface area contributed by atoms with Crippen molar-refractivity contribution in [1.29, 1.82) is 0 Å². The number of hydrogen-bond acceptors (Lipinski definition) is 0. The predicted molar refractivity (Wildman–Crippen MR) is 64.9 cm³/mol. The molecule has 0 aliphatic heterocycles. The summed E-state index contributed by atoms with van der Waals surface area (Å²) < 4.78 is 0. The fourth-order valence-electron chi connectivity index (χ4n) is 6.96. The molecule has 0 unspecified atom stereocenters. The minimum atomic E-state index is 1.18. The van der Waals surface area contributed by atoms with Gasteiger partial charge in [-0.1, -0.05) is 0 Å². The van der Waals surface area contributed by atoms with E-state index in [4.69, 9.17) is 0 Å². The Labute approximate surface area is 99.2 Å². The van der Waals surface area contributed by atoms with Crippen molar-refractivity contribution < 1.29 is 0 Å². The van der Waals surface area contributed by atoms with Crippen LogP contribution in [-0.2, 0) is 0 Å². The summed E-state index contributed by atoms with van der Waals surface area (Å²) in [7, 11) is 0. The van der Waals surface area contributed by atoms with Gasteiger partial charge >= 0.3 is 0 Å². The van der Waals surface area contributed by atoms with Gasteiger partial charge in [-0.2, -0.15) is 0 Å². The molecule has 0 amide bonds. The van der Waals surface area contributed by atoms with Gasteiger partial charge < -0.3 is 0 Å². The average Bonchev–Trinajstić information content (AvgIpc) is 2.84. The van der Waals surface area contributed by atoms with E-state index in [-0.39, 0.29) is 0 Å². The molecule has 0 nitrogen and oxygen atoms in total. The van der Waals surface area contributed by atoms with E-state index in [2.05, 4.69) is 0 Å². The summed E-state index contributed by atoms with van der Waals surface area (Å²) in [6.07, 6.45) is 13.2. The van der Waals surface area contributed by atoms with E-state index >= 15 is 0 Å². The van der Waals surface area contributed by atoms with Crippen molar-refractivity contribution in [3.05, 3.63) is 0 Å². The number of hydrogen-bond donors (Lipinski definition) is 0. The Hall–Kier alpha value is 0. The molecule has 8 rings (SSSR count). The van der Waals surface area contributed by atoms with Crippen molar-refractivity contribution in [1.82, 2.24) is 0 Å². The molecular formula is C16H24. The lowest BCUT2D eigenvalue weighted by Gasteiger charge is -2.28. The largest absolute Gasteiger partial charge is 0.0470 e. The fraction of sp³-hybridized carbons (Fsp3) is 1.00. The predicted octanol–water partition coefficient (Wildman–Crippen LogP) is 4.10. The summed E-state index contributed by atoms with van der Waals surface area (Å²) in [4.78, 5) is 0. The second-order valence-corrected chi connectivity index (χ2v) is 7.97. The summed E-state index contributed by atoms with van der Waals surface area (Å²) in [5, 5.41) is 0. The van der Waals surface area contributed by atoms with Crippen molar-refractivity contribution in [2.75, 3.05) is 0 Å². The zero-order valence-corrected chi connectivity index (χ0v) is 10.3. The normalized spacial score (nSPS) is 66.0. The Morgan fingerprint density at radius 3 is 0.500 bits per heavy atom. The van der Waals surface area contributed by atoms with E-state index < -0.39 is 0 Å². The molecule has 0 aromatic rings. The van der Waals surface area contributed by atoms with Gasteiger partial charge in [0.25, 0.3) is 0 Å². The molecule has 0 heteroatoms. The molecule has 0 spiro atoms. The molecule has 8 fully saturated rings. The van der Waals surface area contributed by atoms with Crippen LogP contribution in [0.2, 0.25) is 0 Å². The van der Waals surface area contributed by atoms with E-state index in [0.717, 1.165) is 0 Å². The molecule has 8 aliphatic carbocycles. The minimum absolute atomic E-state index is 1.18. The van der Waals surface area contributed by atoms with Gasteiger partial charge in [0.15, 0.2) is 0 Å². The van der Waals surface area contributed by atoms with Gasteiger partial charge in [-0.25, -0.2) is 0 Å². The smallest absolute Gasteiger partial charge is 0.0380 e. The van der Waals surface area contributed by atoms with Crippen molar-refractivity contribution >= 4 is 0 Å². The summed E-state index contributed by atoms with van der Waals surface area (Å²) >= 11 is 0. The van der Waals surface area contributed by atoms with Gasteiger partial charge in [-0.3, -0.25) is 0 Å². The molecule has 0 radical (unpaired) electrons. The lowest BCUT2D eigenvalue weighted by atomic mass is 9.78. The van der Waals surface area contributed by atoms with Crippen molar-refractivity contribution in [3.8, 4) is 0 Å². The molecule has 8 aliphatic rings. The third kappa shape index (κ3) is 1.03. The molecule has 0 saturated heterocycles. The molecule has 8 saturated carbocycles. The third-order valence-corrected chi connectivity index (χ3v) is 7.51. The molecule has 8 bridgehead atoms. The van der Waals surface area contributed by atoms with Gasteiger partial charge in [-0.15, -0.1) is 0 Å². The Kier molecular flexibility index (Phi) is 1.61. The molecule has 0 aromatic heterocycles. The van der Waals surface area contributed by atoms with Crippen LogP contribution in [0.4, 0.5) is 0 Å². The zero-order chi connectivity index (χ0) is 10.3. The first-order valence-corrected chi connectivity index (χ1v) is 7.87. The molecule has 0 aromatic carbocycles. The van der Waals surface area contributed by atoms with Gasteiger partial charge in [0.2, 0.25) is 0 Å². The monoisotopic (exact) mass is 216 g/mol. The Balaban J connectivity index is 1.57. The van der Waals surface area contributed by atoms with Gasteiger partial charge in [0.1, 0.15) is 0 Å². The van der Waals surface area contributed by atoms with Crippen LogP contribution >= 0.6 is 0 Å². The van der Waals surface area contributed by atoms with Crippen LogP contribution < -0.4 is 0 Å². The molecular weight excluding hydrogens is 192 g/mol. The maximum absolute atomic E-state index is 1.65. The topological polar surface area (TPSA) is 0 Å².